The van der Waals surface area contributed by atoms with Crippen LogP contribution < -0.4 is 20.4 Å². The molecule has 0 aliphatic carbocycles. The third-order valence-corrected chi connectivity index (χ3v) is 6.90. The van der Waals surface area contributed by atoms with E-state index in [-0.39, 0.29) is 47.7 Å². The Morgan fingerprint density at radius 2 is 1.97 bits per heavy atom. The molecular formula is C28H27F2N3O4. The Morgan fingerprint density at radius 3 is 2.76 bits per heavy atom. The molecule has 37 heavy (non-hydrogen) atoms. The summed E-state index contributed by atoms with van der Waals surface area (Å²) in [6.45, 7) is 2.37. The molecule has 9 heteroatoms. The number of fused-ring (bicyclic) bond motifs is 6. The molecule has 1 aromatic heterocycles. The van der Waals surface area contributed by atoms with Gasteiger partial charge in [0.1, 0.15) is 17.2 Å². The summed E-state index contributed by atoms with van der Waals surface area (Å²) in [4.78, 5) is 42.0. The summed E-state index contributed by atoms with van der Waals surface area (Å²) in [7, 11) is 0. The molecule has 1 N–H and O–H groups in total. The molecule has 0 fully saturated rings. The van der Waals surface area contributed by atoms with E-state index in [1.54, 1.807) is 9.47 Å². The van der Waals surface area contributed by atoms with Crippen molar-refractivity contribution in [3.05, 3.63) is 92.9 Å². The first kappa shape index (κ1) is 24.7. The van der Waals surface area contributed by atoms with E-state index in [9.17, 15) is 23.2 Å². The summed E-state index contributed by atoms with van der Waals surface area (Å²) in [5, 5.41) is 2.55. The van der Waals surface area contributed by atoms with E-state index in [0.717, 1.165) is 36.2 Å². The molecule has 0 spiro atoms. The van der Waals surface area contributed by atoms with Gasteiger partial charge in [-0.1, -0.05) is 37.6 Å². The first-order valence-corrected chi connectivity index (χ1v) is 12.4. The summed E-state index contributed by atoms with van der Waals surface area (Å²) in [5.74, 6) is -2.74. The zero-order valence-corrected chi connectivity index (χ0v) is 20.4. The fraction of sp³-hybridized carbons (Fsp3) is 0.321. The largest absolute Gasteiger partial charge is 0.487 e. The van der Waals surface area contributed by atoms with E-state index in [1.807, 2.05) is 31.2 Å². The van der Waals surface area contributed by atoms with Crippen LogP contribution in [-0.4, -0.2) is 29.5 Å². The zero-order chi connectivity index (χ0) is 26.1. The molecule has 5 rings (SSSR count). The molecule has 2 aliphatic heterocycles. The molecule has 0 saturated carbocycles. The van der Waals surface area contributed by atoms with Gasteiger partial charge in [0.2, 0.25) is 5.43 Å². The van der Waals surface area contributed by atoms with E-state index in [2.05, 4.69) is 5.32 Å². The second-order valence-electron chi connectivity index (χ2n) is 9.31. The molecule has 3 aromatic rings. The Hall–Kier alpha value is -4.01. The smallest absolute Gasteiger partial charge is 0.279 e. The molecule has 2 aliphatic rings. The van der Waals surface area contributed by atoms with Crippen molar-refractivity contribution in [1.82, 2.24) is 9.88 Å². The number of aryl methyl sites for hydroxylation is 1. The van der Waals surface area contributed by atoms with Crippen molar-refractivity contribution in [2.24, 2.45) is 0 Å². The minimum Gasteiger partial charge on any atom is -0.487 e. The third kappa shape index (κ3) is 4.61. The summed E-state index contributed by atoms with van der Waals surface area (Å²) in [6, 6.07) is 10.6. The highest BCUT2D eigenvalue weighted by molar-refractivity contribution is 6.08. The Morgan fingerprint density at radius 1 is 1.16 bits per heavy atom. The monoisotopic (exact) mass is 507 g/mol. The fourth-order valence-corrected chi connectivity index (χ4v) is 4.91. The van der Waals surface area contributed by atoms with Gasteiger partial charge in [-0.15, -0.1) is 0 Å². The number of para-hydroxylation sites is 1. The van der Waals surface area contributed by atoms with Gasteiger partial charge in [-0.05, 0) is 37.0 Å². The van der Waals surface area contributed by atoms with Crippen LogP contribution in [-0.2, 0) is 13.0 Å². The maximum Gasteiger partial charge on any atom is 0.279 e. The maximum absolute atomic E-state index is 14.1. The predicted octanol–water partition coefficient (Wildman–Crippen LogP) is 4.38. The Balaban J connectivity index is 1.54. The third-order valence-electron chi connectivity index (χ3n) is 6.90. The van der Waals surface area contributed by atoms with Crippen LogP contribution in [0.5, 0.6) is 5.75 Å². The quantitative estimate of drug-likeness (QED) is 0.482. The van der Waals surface area contributed by atoms with Crippen molar-refractivity contribution in [3.63, 3.8) is 0 Å². The number of hydrogen-bond acceptors (Lipinski definition) is 4. The topological polar surface area (TPSA) is 80.6 Å². The van der Waals surface area contributed by atoms with Crippen LogP contribution in [0.15, 0.2) is 53.5 Å². The number of carbonyl (C=O) groups excluding carboxylic acids is 2. The van der Waals surface area contributed by atoms with E-state index < -0.39 is 23.0 Å². The van der Waals surface area contributed by atoms with Gasteiger partial charge in [-0.3, -0.25) is 14.4 Å². The number of ether oxygens (including phenoxy) is 1. The number of benzene rings is 2. The Kier molecular flexibility index (Phi) is 6.78. The molecule has 3 heterocycles. The highest BCUT2D eigenvalue weighted by atomic mass is 19.1. The van der Waals surface area contributed by atoms with Crippen LogP contribution in [0.3, 0.4) is 0 Å². The van der Waals surface area contributed by atoms with E-state index in [1.165, 1.54) is 12.3 Å². The lowest BCUT2D eigenvalue weighted by molar-refractivity contribution is 0.0927. The number of nitrogens with zero attached hydrogens (tertiary/aromatic N) is 2. The summed E-state index contributed by atoms with van der Waals surface area (Å²) in [5.41, 5.74) is 1.19. The minimum atomic E-state index is -0.797. The van der Waals surface area contributed by atoms with E-state index in [4.69, 9.17) is 4.74 Å². The molecule has 2 aromatic carbocycles. The van der Waals surface area contributed by atoms with Gasteiger partial charge in [0, 0.05) is 36.6 Å². The van der Waals surface area contributed by atoms with Crippen LogP contribution in [0.4, 0.5) is 14.5 Å². The van der Waals surface area contributed by atoms with Crippen molar-refractivity contribution in [2.45, 2.75) is 45.2 Å². The number of halogens is 2. The van der Waals surface area contributed by atoms with Gasteiger partial charge in [0.15, 0.2) is 11.4 Å². The standard InChI is InChI=1S/C28H27F2N3O4/c1-2-3-12-37-26-24-28(36)33-15-20(11-9-17-6-4-5-7-23(17)33)32(24)16-21(25(26)34)27(35)31-14-18-8-10-19(29)13-22(18)30/h4-8,10,13,16,20H,2-3,9,11-12,14-15H2,1H3,(H,31,35). The highest BCUT2D eigenvalue weighted by Gasteiger charge is 2.39. The molecule has 2 amide bonds. The number of carbonyl (C=O) groups is 2. The van der Waals surface area contributed by atoms with Gasteiger partial charge < -0.3 is 19.5 Å². The van der Waals surface area contributed by atoms with Gasteiger partial charge in [0.25, 0.3) is 11.8 Å². The second kappa shape index (κ2) is 10.2. The molecule has 0 saturated heterocycles. The number of aromatic nitrogens is 1. The minimum absolute atomic E-state index is 0.0829. The molecule has 0 radical (unpaired) electrons. The molecule has 1 unspecified atom stereocenters. The maximum atomic E-state index is 14.1. The van der Waals surface area contributed by atoms with Crippen LogP contribution in [0.2, 0.25) is 0 Å². The van der Waals surface area contributed by atoms with Crippen LogP contribution >= 0.6 is 0 Å². The number of unbranched alkanes of at least 4 members (excludes halogenated alkanes) is 1. The van der Waals surface area contributed by atoms with Gasteiger partial charge in [0.05, 0.1) is 12.6 Å². The number of hydrogen-bond donors (Lipinski definition) is 1. The first-order chi connectivity index (χ1) is 17.9. The SMILES string of the molecule is CCCCOc1c2n(cc(C(=O)NCc3ccc(F)cc3F)c1=O)C1CCc3ccccc3N(C1)C2=O. The molecule has 1 atom stereocenters. The van der Waals surface area contributed by atoms with Crippen LogP contribution in [0.25, 0.3) is 0 Å². The van der Waals surface area contributed by atoms with E-state index in [0.29, 0.717) is 19.4 Å². The van der Waals surface area contributed by atoms with Crippen molar-refractivity contribution < 1.29 is 23.1 Å². The van der Waals surface area contributed by atoms with Gasteiger partial charge in [-0.25, -0.2) is 8.78 Å². The number of amides is 2. The summed E-state index contributed by atoms with van der Waals surface area (Å²) < 4.78 is 34.8. The van der Waals surface area contributed by atoms with Gasteiger partial charge >= 0.3 is 0 Å². The molecule has 2 bridgehead atoms. The van der Waals surface area contributed by atoms with E-state index >= 15 is 0 Å². The fourth-order valence-electron chi connectivity index (χ4n) is 4.91. The van der Waals surface area contributed by atoms with Crippen molar-refractivity contribution >= 4 is 17.5 Å². The van der Waals surface area contributed by atoms with Crippen LogP contribution in [0.1, 0.15) is 64.2 Å². The second-order valence-corrected chi connectivity index (χ2v) is 9.31. The van der Waals surface area contributed by atoms with Crippen molar-refractivity contribution in [3.8, 4) is 5.75 Å². The summed E-state index contributed by atoms with van der Waals surface area (Å²) >= 11 is 0. The number of nitrogens with one attached hydrogen (secondary N) is 1. The van der Waals surface area contributed by atoms with Crippen molar-refractivity contribution in [1.29, 1.82) is 0 Å². The average molecular weight is 508 g/mol. The Labute approximate surface area is 212 Å². The first-order valence-electron chi connectivity index (χ1n) is 12.4. The molecule has 192 valence electrons. The number of anilines is 1. The summed E-state index contributed by atoms with van der Waals surface area (Å²) in [6.07, 6.45) is 4.34. The average Bonchev–Trinajstić information content (AvgIpc) is 3.06. The zero-order valence-electron chi connectivity index (χ0n) is 20.4. The lowest BCUT2D eigenvalue weighted by atomic mass is 10.0. The lowest BCUT2D eigenvalue weighted by Gasteiger charge is -2.35. The normalized spacial score (nSPS) is 16.0. The molecule has 7 nitrogen and oxygen atoms in total. The number of rotatable bonds is 7. The lowest BCUT2D eigenvalue weighted by Crippen LogP contribution is -2.45. The van der Waals surface area contributed by atoms with Crippen LogP contribution in [0, 0.1) is 11.6 Å². The van der Waals surface area contributed by atoms with Gasteiger partial charge in [-0.2, -0.15) is 0 Å². The van der Waals surface area contributed by atoms with Crippen molar-refractivity contribution in [2.75, 3.05) is 18.1 Å². The predicted molar refractivity (Wildman–Crippen MR) is 134 cm³/mol. The highest BCUT2D eigenvalue weighted by Crippen LogP contribution is 2.37. The Bertz CT molecular complexity index is 1440. The number of pyridine rings is 1. The molecular weight excluding hydrogens is 480 g/mol.